The van der Waals surface area contributed by atoms with Crippen LogP contribution >= 0.6 is 11.6 Å². The Hall–Kier alpha value is -0.183. The zero-order valence-corrected chi connectivity index (χ0v) is 21.1. The Morgan fingerprint density at radius 3 is 2.17 bits per heavy atom. The van der Waals surface area contributed by atoms with E-state index in [4.69, 9.17) is 30.2 Å². The molecule has 8 heteroatoms. The summed E-state index contributed by atoms with van der Waals surface area (Å²) in [5, 5.41) is -0.193. The fraction of sp³-hybridized carbons (Fsp3) is 0.952. The van der Waals surface area contributed by atoms with Gasteiger partial charge in [0.2, 0.25) is 5.91 Å². The molecule has 2 aliphatic heterocycles. The molecule has 0 aromatic heterocycles. The van der Waals surface area contributed by atoms with Gasteiger partial charge in [0.1, 0.15) is 12.2 Å². The van der Waals surface area contributed by atoms with Crippen molar-refractivity contribution in [1.82, 2.24) is 4.90 Å². The van der Waals surface area contributed by atoms with Gasteiger partial charge in [-0.15, -0.1) is 11.6 Å². The molecule has 2 heterocycles. The van der Waals surface area contributed by atoms with Gasteiger partial charge in [-0.1, -0.05) is 20.8 Å². The second-order valence-electron chi connectivity index (χ2n) is 10.5. The smallest absolute Gasteiger partial charge is 0.227 e. The van der Waals surface area contributed by atoms with Crippen molar-refractivity contribution < 1.29 is 23.4 Å². The van der Waals surface area contributed by atoms with E-state index in [9.17, 15) is 4.79 Å². The summed E-state index contributed by atoms with van der Waals surface area (Å²) in [5.41, 5.74) is 0. The standard InChI is InChI=1S/C21H38ClNO5Si/c1-10-23(11-2)18(24)13-12(14(13)22)15-16-17(27-21(6,7)26-16)19(25-15)28-29(8,9)20(3,4)5/h12-17,19H,10-11H2,1-9H3/t12-,13-,14-,15+,16-,17-,19+/m0/s1. The molecule has 168 valence electrons. The maximum Gasteiger partial charge on any atom is 0.227 e. The highest BCUT2D eigenvalue weighted by molar-refractivity contribution is 6.74. The summed E-state index contributed by atoms with van der Waals surface area (Å²) >= 11 is 6.61. The van der Waals surface area contributed by atoms with Crippen LogP contribution in [0.4, 0.5) is 0 Å². The monoisotopic (exact) mass is 447 g/mol. The minimum absolute atomic E-state index is 0.0504. The number of nitrogens with zero attached hydrogens (tertiary/aromatic N) is 1. The van der Waals surface area contributed by atoms with E-state index < -0.39 is 20.4 Å². The minimum Gasteiger partial charge on any atom is -0.390 e. The number of carbonyl (C=O) groups is 1. The van der Waals surface area contributed by atoms with E-state index in [1.807, 2.05) is 32.6 Å². The summed E-state index contributed by atoms with van der Waals surface area (Å²) in [7, 11) is -2.07. The predicted octanol–water partition coefficient (Wildman–Crippen LogP) is 3.98. The lowest BCUT2D eigenvalue weighted by molar-refractivity contribution is -0.218. The van der Waals surface area contributed by atoms with E-state index in [1.165, 1.54) is 0 Å². The Balaban J connectivity index is 1.79. The summed E-state index contributed by atoms with van der Waals surface area (Å²) in [6.07, 6.45) is -1.39. The third-order valence-corrected chi connectivity index (χ3v) is 12.0. The first kappa shape index (κ1) is 23.5. The van der Waals surface area contributed by atoms with Crippen LogP contribution in [-0.4, -0.2) is 68.0 Å². The van der Waals surface area contributed by atoms with Crippen LogP contribution in [0.1, 0.15) is 48.5 Å². The van der Waals surface area contributed by atoms with E-state index in [-0.39, 0.29) is 46.5 Å². The van der Waals surface area contributed by atoms with Crippen molar-refractivity contribution in [3.8, 4) is 0 Å². The number of carbonyl (C=O) groups excluding carboxylic acids is 1. The van der Waals surface area contributed by atoms with Crippen molar-refractivity contribution in [2.45, 2.75) is 102 Å². The Kier molecular flexibility index (Phi) is 6.27. The number of alkyl halides is 1. The van der Waals surface area contributed by atoms with Crippen LogP contribution in [0.15, 0.2) is 0 Å². The summed E-state index contributed by atoms with van der Waals surface area (Å²) in [4.78, 5) is 14.7. The minimum atomic E-state index is -2.07. The molecule has 3 aliphatic rings. The summed E-state index contributed by atoms with van der Waals surface area (Å²) in [6, 6.07) is 0. The number of rotatable bonds is 6. The molecule has 1 aliphatic carbocycles. The van der Waals surface area contributed by atoms with Gasteiger partial charge in [-0.3, -0.25) is 4.79 Å². The van der Waals surface area contributed by atoms with Crippen molar-refractivity contribution in [3.63, 3.8) is 0 Å². The predicted molar refractivity (Wildman–Crippen MR) is 115 cm³/mol. The van der Waals surface area contributed by atoms with Gasteiger partial charge in [0, 0.05) is 19.0 Å². The van der Waals surface area contributed by atoms with Crippen molar-refractivity contribution in [1.29, 1.82) is 0 Å². The molecule has 3 fully saturated rings. The first-order chi connectivity index (χ1) is 13.2. The second-order valence-corrected chi connectivity index (χ2v) is 15.7. The van der Waals surface area contributed by atoms with Gasteiger partial charge < -0.3 is 23.5 Å². The van der Waals surface area contributed by atoms with Crippen molar-refractivity contribution in [2.75, 3.05) is 13.1 Å². The van der Waals surface area contributed by atoms with Crippen molar-refractivity contribution in [2.24, 2.45) is 11.8 Å². The van der Waals surface area contributed by atoms with E-state index >= 15 is 0 Å². The first-order valence-corrected chi connectivity index (χ1v) is 14.2. The van der Waals surface area contributed by atoms with Crippen LogP contribution in [0.5, 0.6) is 0 Å². The molecular formula is C21H38ClNO5Si. The molecule has 0 radical (unpaired) electrons. The number of hydrogen-bond acceptors (Lipinski definition) is 5. The molecule has 0 bridgehead atoms. The Bertz CT molecular complexity index is 633. The van der Waals surface area contributed by atoms with Crippen LogP contribution in [0.2, 0.25) is 18.1 Å². The SMILES string of the molecule is CCN(CC)C(=O)[C@@H]1[C@@H](Cl)[C@H]1[C@H]1O[C@H](O[Si](C)(C)C(C)(C)C)[C@H]2OC(C)(C)O[C@H]21. The molecule has 7 atom stereocenters. The van der Waals surface area contributed by atoms with Crippen LogP contribution in [-0.2, 0) is 23.4 Å². The molecule has 1 amide bonds. The number of ether oxygens (including phenoxy) is 3. The molecule has 2 saturated heterocycles. The maximum atomic E-state index is 12.9. The van der Waals surface area contributed by atoms with E-state index in [0.717, 1.165) is 0 Å². The highest BCUT2D eigenvalue weighted by Crippen LogP contribution is 2.55. The normalized spacial score (nSPS) is 38.8. The fourth-order valence-electron chi connectivity index (χ4n) is 4.19. The topological polar surface area (TPSA) is 57.2 Å². The lowest BCUT2D eigenvalue weighted by Crippen LogP contribution is -2.47. The average Bonchev–Trinajstić information content (AvgIpc) is 2.99. The maximum absolute atomic E-state index is 12.9. The van der Waals surface area contributed by atoms with Gasteiger partial charge in [0.15, 0.2) is 20.4 Å². The molecule has 1 saturated carbocycles. The number of amides is 1. The number of halogens is 1. The molecule has 0 unspecified atom stereocenters. The van der Waals surface area contributed by atoms with E-state index in [2.05, 4.69) is 33.9 Å². The summed E-state index contributed by atoms with van der Waals surface area (Å²) < 4.78 is 25.4. The number of fused-ring (bicyclic) bond motifs is 1. The van der Waals surface area contributed by atoms with Crippen LogP contribution in [0.25, 0.3) is 0 Å². The largest absolute Gasteiger partial charge is 0.390 e. The van der Waals surface area contributed by atoms with Gasteiger partial charge in [0.25, 0.3) is 0 Å². The lowest BCUT2D eigenvalue weighted by atomic mass is 10.1. The van der Waals surface area contributed by atoms with E-state index in [1.54, 1.807) is 0 Å². The Labute approximate surface area is 181 Å². The van der Waals surface area contributed by atoms with Crippen LogP contribution in [0, 0.1) is 11.8 Å². The second kappa shape index (κ2) is 7.75. The molecule has 0 aromatic carbocycles. The highest BCUT2D eigenvalue weighted by atomic mass is 35.5. The van der Waals surface area contributed by atoms with Gasteiger partial charge in [-0.25, -0.2) is 0 Å². The van der Waals surface area contributed by atoms with Crippen LogP contribution in [0.3, 0.4) is 0 Å². The summed E-state index contributed by atoms with van der Waals surface area (Å²) in [6.45, 7) is 20.2. The molecule has 0 N–H and O–H groups in total. The highest BCUT2D eigenvalue weighted by Gasteiger charge is 2.67. The van der Waals surface area contributed by atoms with Gasteiger partial charge in [-0.2, -0.15) is 0 Å². The molecule has 6 nitrogen and oxygen atoms in total. The molecule has 3 rings (SSSR count). The van der Waals surface area contributed by atoms with Gasteiger partial charge in [-0.05, 0) is 45.8 Å². The van der Waals surface area contributed by atoms with Crippen molar-refractivity contribution >= 4 is 25.8 Å². The zero-order chi connectivity index (χ0) is 21.9. The van der Waals surface area contributed by atoms with E-state index in [0.29, 0.717) is 13.1 Å². The first-order valence-electron chi connectivity index (χ1n) is 10.9. The molecule has 29 heavy (non-hydrogen) atoms. The lowest BCUT2D eigenvalue weighted by Gasteiger charge is -2.39. The van der Waals surface area contributed by atoms with Gasteiger partial charge in [0.05, 0.1) is 17.4 Å². The molecule has 0 aromatic rings. The van der Waals surface area contributed by atoms with Gasteiger partial charge >= 0.3 is 0 Å². The third-order valence-electron chi connectivity index (χ3n) is 6.99. The molecule has 0 spiro atoms. The third kappa shape index (κ3) is 4.28. The zero-order valence-electron chi connectivity index (χ0n) is 19.3. The average molecular weight is 448 g/mol. The number of hydrogen-bond donors (Lipinski definition) is 0. The van der Waals surface area contributed by atoms with Crippen molar-refractivity contribution in [3.05, 3.63) is 0 Å². The molecular weight excluding hydrogens is 410 g/mol. The Morgan fingerprint density at radius 1 is 1.10 bits per heavy atom. The van der Waals surface area contributed by atoms with Crippen LogP contribution < -0.4 is 0 Å². The Morgan fingerprint density at radius 2 is 1.66 bits per heavy atom. The quantitative estimate of drug-likeness (QED) is 0.455. The fourth-order valence-corrected chi connectivity index (χ4v) is 5.81. The summed E-state index contributed by atoms with van der Waals surface area (Å²) in [5.74, 6) is -0.919.